The second kappa shape index (κ2) is 6.72. The van der Waals surface area contributed by atoms with Gasteiger partial charge in [0.05, 0.1) is 19.1 Å². The highest BCUT2D eigenvalue weighted by atomic mass is 16.3. The SMILES string of the molecule is CC(=O)N1CCc2ccccc2C1CC(=O)N(C)CCO. The molecule has 0 fully saturated rings. The summed E-state index contributed by atoms with van der Waals surface area (Å²) in [5.41, 5.74) is 2.27. The maximum Gasteiger partial charge on any atom is 0.224 e. The van der Waals surface area contributed by atoms with Gasteiger partial charge in [-0.05, 0) is 17.5 Å². The van der Waals surface area contributed by atoms with E-state index in [0.29, 0.717) is 13.1 Å². The van der Waals surface area contributed by atoms with Crippen molar-refractivity contribution in [1.82, 2.24) is 9.80 Å². The van der Waals surface area contributed by atoms with Gasteiger partial charge in [-0.2, -0.15) is 0 Å². The maximum atomic E-state index is 12.3. The van der Waals surface area contributed by atoms with Crippen LogP contribution in [-0.2, 0) is 16.0 Å². The van der Waals surface area contributed by atoms with E-state index in [1.54, 1.807) is 18.9 Å². The van der Waals surface area contributed by atoms with E-state index in [-0.39, 0.29) is 30.9 Å². The van der Waals surface area contributed by atoms with Crippen molar-refractivity contribution in [2.75, 3.05) is 26.7 Å². The minimum Gasteiger partial charge on any atom is -0.395 e. The van der Waals surface area contributed by atoms with Gasteiger partial charge in [0, 0.05) is 27.1 Å². The highest BCUT2D eigenvalue weighted by Gasteiger charge is 2.31. The molecule has 0 aromatic heterocycles. The molecule has 1 atom stereocenters. The molecule has 1 heterocycles. The van der Waals surface area contributed by atoms with Gasteiger partial charge in [0.1, 0.15) is 0 Å². The molecule has 1 N–H and O–H groups in total. The summed E-state index contributed by atoms with van der Waals surface area (Å²) in [5.74, 6) is -0.0656. The van der Waals surface area contributed by atoms with Gasteiger partial charge in [-0.1, -0.05) is 24.3 Å². The molecule has 1 aromatic rings. The lowest BCUT2D eigenvalue weighted by Crippen LogP contribution is -2.41. The monoisotopic (exact) mass is 290 g/mol. The first-order chi connectivity index (χ1) is 10.0. The molecule has 1 aromatic carbocycles. The van der Waals surface area contributed by atoms with E-state index in [0.717, 1.165) is 12.0 Å². The van der Waals surface area contributed by atoms with Crippen molar-refractivity contribution >= 4 is 11.8 Å². The Morgan fingerprint density at radius 1 is 1.38 bits per heavy atom. The molecular formula is C16H22N2O3. The highest BCUT2D eigenvalue weighted by Crippen LogP contribution is 2.32. The van der Waals surface area contributed by atoms with Crippen LogP contribution in [0, 0.1) is 0 Å². The fourth-order valence-electron chi connectivity index (χ4n) is 2.84. The molecule has 5 nitrogen and oxygen atoms in total. The fraction of sp³-hybridized carbons (Fsp3) is 0.500. The number of hydrogen-bond acceptors (Lipinski definition) is 3. The number of amides is 2. The number of nitrogens with zero attached hydrogens (tertiary/aromatic N) is 2. The van der Waals surface area contributed by atoms with Crippen LogP contribution in [0.1, 0.15) is 30.5 Å². The van der Waals surface area contributed by atoms with Crippen molar-refractivity contribution in [3.63, 3.8) is 0 Å². The largest absolute Gasteiger partial charge is 0.395 e. The molecule has 114 valence electrons. The molecule has 5 heteroatoms. The van der Waals surface area contributed by atoms with E-state index in [1.165, 1.54) is 10.5 Å². The number of aliphatic hydroxyl groups is 1. The number of carbonyl (C=O) groups is 2. The Morgan fingerprint density at radius 2 is 2.10 bits per heavy atom. The van der Waals surface area contributed by atoms with Crippen LogP contribution in [0.25, 0.3) is 0 Å². The normalized spacial score (nSPS) is 17.3. The second-order valence-electron chi connectivity index (χ2n) is 5.42. The Morgan fingerprint density at radius 3 is 2.76 bits per heavy atom. The lowest BCUT2D eigenvalue weighted by Gasteiger charge is -2.37. The first-order valence-corrected chi connectivity index (χ1v) is 7.24. The standard InChI is InChI=1S/C16H22N2O3/c1-12(20)18-8-7-13-5-3-4-6-14(13)15(18)11-16(21)17(2)9-10-19/h3-6,15,19H,7-11H2,1-2H3. The zero-order valence-corrected chi connectivity index (χ0v) is 12.6. The average molecular weight is 290 g/mol. The van der Waals surface area contributed by atoms with Gasteiger partial charge >= 0.3 is 0 Å². The van der Waals surface area contributed by atoms with Crippen molar-refractivity contribution in [3.05, 3.63) is 35.4 Å². The van der Waals surface area contributed by atoms with Gasteiger partial charge in [0.2, 0.25) is 11.8 Å². The summed E-state index contributed by atoms with van der Waals surface area (Å²) in [6.45, 7) is 2.45. The molecule has 2 rings (SSSR count). The molecule has 2 amide bonds. The molecule has 1 aliphatic rings. The van der Waals surface area contributed by atoms with Crippen molar-refractivity contribution in [2.45, 2.75) is 25.8 Å². The quantitative estimate of drug-likeness (QED) is 0.899. The number of aliphatic hydroxyl groups excluding tert-OH is 1. The average Bonchev–Trinajstić information content (AvgIpc) is 2.47. The van der Waals surface area contributed by atoms with Crippen LogP contribution in [0.3, 0.4) is 0 Å². The van der Waals surface area contributed by atoms with E-state index in [9.17, 15) is 9.59 Å². The summed E-state index contributed by atoms with van der Waals surface area (Å²) < 4.78 is 0. The van der Waals surface area contributed by atoms with Crippen molar-refractivity contribution in [1.29, 1.82) is 0 Å². The van der Waals surface area contributed by atoms with Crippen LogP contribution in [0.15, 0.2) is 24.3 Å². The molecule has 0 saturated heterocycles. The molecule has 0 spiro atoms. The molecular weight excluding hydrogens is 268 g/mol. The highest BCUT2D eigenvalue weighted by molar-refractivity contribution is 5.79. The Balaban J connectivity index is 2.24. The molecule has 0 bridgehead atoms. The number of rotatable bonds is 4. The third kappa shape index (κ3) is 3.42. The molecule has 1 unspecified atom stereocenters. The number of carbonyl (C=O) groups excluding carboxylic acids is 2. The van der Waals surface area contributed by atoms with Gasteiger partial charge in [-0.25, -0.2) is 0 Å². The predicted octanol–water partition coefficient (Wildman–Crippen LogP) is 0.973. The Kier molecular flexibility index (Phi) is 4.96. The summed E-state index contributed by atoms with van der Waals surface area (Å²) in [6, 6.07) is 7.77. The third-order valence-electron chi connectivity index (χ3n) is 4.05. The molecule has 21 heavy (non-hydrogen) atoms. The molecule has 0 saturated carbocycles. The van der Waals surface area contributed by atoms with E-state index in [4.69, 9.17) is 5.11 Å². The minimum absolute atomic E-state index is 0.00730. The summed E-state index contributed by atoms with van der Waals surface area (Å²) >= 11 is 0. The van der Waals surface area contributed by atoms with Gasteiger partial charge < -0.3 is 14.9 Å². The third-order valence-corrected chi connectivity index (χ3v) is 4.05. The number of likely N-dealkylation sites (N-methyl/N-ethyl adjacent to an activating group) is 1. The maximum absolute atomic E-state index is 12.3. The van der Waals surface area contributed by atoms with Crippen molar-refractivity contribution < 1.29 is 14.7 Å². The zero-order chi connectivity index (χ0) is 15.4. The first-order valence-electron chi connectivity index (χ1n) is 7.24. The number of benzene rings is 1. The number of hydrogen-bond donors (Lipinski definition) is 1. The predicted molar refractivity (Wildman–Crippen MR) is 79.6 cm³/mol. The topological polar surface area (TPSA) is 60.9 Å². The summed E-state index contributed by atoms with van der Waals surface area (Å²) in [5, 5.41) is 8.93. The minimum atomic E-state index is -0.207. The second-order valence-corrected chi connectivity index (χ2v) is 5.42. The van der Waals surface area contributed by atoms with Gasteiger partial charge in [0.25, 0.3) is 0 Å². The van der Waals surface area contributed by atoms with Crippen LogP contribution >= 0.6 is 0 Å². The number of fused-ring (bicyclic) bond motifs is 1. The van der Waals surface area contributed by atoms with E-state index < -0.39 is 0 Å². The van der Waals surface area contributed by atoms with Crippen LogP contribution in [-0.4, -0.2) is 53.5 Å². The van der Waals surface area contributed by atoms with Gasteiger partial charge in [-0.15, -0.1) is 0 Å². The van der Waals surface area contributed by atoms with Crippen LogP contribution < -0.4 is 0 Å². The lowest BCUT2D eigenvalue weighted by atomic mass is 9.90. The van der Waals surface area contributed by atoms with E-state index in [2.05, 4.69) is 6.07 Å². The van der Waals surface area contributed by atoms with Crippen molar-refractivity contribution in [2.24, 2.45) is 0 Å². The van der Waals surface area contributed by atoms with Crippen LogP contribution in [0.4, 0.5) is 0 Å². The first kappa shape index (κ1) is 15.5. The van der Waals surface area contributed by atoms with Crippen molar-refractivity contribution in [3.8, 4) is 0 Å². The summed E-state index contributed by atoms with van der Waals surface area (Å²) in [6.07, 6.45) is 1.08. The molecule has 0 aliphatic carbocycles. The Labute approximate surface area is 125 Å². The smallest absolute Gasteiger partial charge is 0.224 e. The molecule has 1 aliphatic heterocycles. The summed E-state index contributed by atoms with van der Waals surface area (Å²) in [7, 11) is 1.67. The Bertz CT molecular complexity index is 530. The fourth-order valence-corrected chi connectivity index (χ4v) is 2.84. The Hall–Kier alpha value is -1.88. The van der Waals surface area contributed by atoms with Gasteiger partial charge in [0.15, 0.2) is 0 Å². The van der Waals surface area contributed by atoms with Crippen LogP contribution in [0.2, 0.25) is 0 Å². The molecule has 0 radical (unpaired) electrons. The van der Waals surface area contributed by atoms with E-state index in [1.807, 2.05) is 18.2 Å². The summed E-state index contributed by atoms with van der Waals surface area (Å²) in [4.78, 5) is 27.4. The van der Waals surface area contributed by atoms with Gasteiger partial charge in [-0.3, -0.25) is 9.59 Å². The lowest BCUT2D eigenvalue weighted by molar-refractivity contribution is -0.136. The zero-order valence-electron chi connectivity index (χ0n) is 12.6. The van der Waals surface area contributed by atoms with Crippen LogP contribution in [0.5, 0.6) is 0 Å². The van der Waals surface area contributed by atoms with E-state index >= 15 is 0 Å².